The van der Waals surface area contributed by atoms with E-state index >= 15 is 0 Å². The van der Waals surface area contributed by atoms with Crippen LogP contribution in [-0.2, 0) is 16.1 Å². The summed E-state index contributed by atoms with van der Waals surface area (Å²) < 4.78 is 20.3. The molecule has 11 heteroatoms. The summed E-state index contributed by atoms with van der Waals surface area (Å²) in [5.41, 5.74) is 3.13. The zero-order valence-electron chi connectivity index (χ0n) is 22.4. The molecule has 0 spiro atoms. The molecule has 4 aromatic rings. The highest BCUT2D eigenvalue weighted by molar-refractivity contribution is 7.99. The number of aromatic nitrogens is 1. The first-order chi connectivity index (χ1) is 20.5. The lowest BCUT2D eigenvalue weighted by molar-refractivity contribution is -0.120. The molecular weight excluding hydrogens is 575 g/mol. The number of amides is 3. The van der Waals surface area contributed by atoms with Crippen LogP contribution in [0.4, 0.5) is 14.3 Å². The molecule has 0 bridgehead atoms. The molecule has 6 rings (SSSR count). The van der Waals surface area contributed by atoms with Gasteiger partial charge in [-0.25, -0.2) is 14.2 Å². The maximum atomic E-state index is 14.8. The van der Waals surface area contributed by atoms with Crippen molar-refractivity contribution in [3.05, 3.63) is 107 Å². The number of carbonyl (C=O) groups is 3. The zero-order valence-corrected chi connectivity index (χ0v) is 24.0. The van der Waals surface area contributed by atoms with Gasteiger partial charge in [0, 0.05) is 33.9 Å². The Morgan fingerprint density at radius 1 is 0.976 bits per heavy atom. The summed E-state index contributed by atoms with van der Waals surface area (Å²) >= 11 is 2.55. The van der Waals surface area contributed by atoms with Gasteiger partial charge in [-0.1, -0.05) is 60.7 Å². The molecule has 0 radical (unpaired) electrons. The number of thiazole rings is 1. The van der Waals surface area contributed by atoms with Crippen molar-refractivity contribution in [2.24, 2.45) is 0 Å². The first-order valence-corrected chi connectivity index (χ1v) is 15.4. The third-order valence-electron chi connectivity index (χ3n) is 6.98. The molecule has 2 N–H and O–H groups in total. The van der Waals surface area contributed by atoms with Gasteiger partial charge in [-0.15, -0.1) is 23.1 Å². The molecular formula is C31H27FN4O4S2. The molecule has 2 atom stereocenters. The van der Waals surface area contributed by atoms with Gasteiger partial charge in [0.25, 0.3) is 5.91 Å². The molecule has 2 fully saturated rings. The van der Waals surface area contributed by atoms with E-state index in [1.54, 1.807) is 30.3 Å². The van der Waals surface area contributed by atoms with Crippen LogP contribution in [0.25, 0.3) is 11.3 Å². The van der Waals surface area contributed by atoms with Gasteiger partial charge < -0.3 is 15.4 Å². The highest BCUT2D eigenvalue weighted by Crippen LogP contribution is 2.43. The maximum absolute atomic E-state index is 14.8. The monoisotopic (exact) mass is 602 g/mol. The molecule has 2 heterocycles. The van der Waals surface area contributed by atoms with Crippen molar-refractivity contribution in [2.45, 2.75) is 36.9 Å². The van der Waals surface area contributed by atoms with Gasteiger partial charge in [0.15, 0.2) is 5.13 Å². The number of rotatable bonds is 8. The van der Waals surface area contributed by atoms with Crippen molar-refractivity contribution in [2.75, 3.05) is 11.1 Å². The summed E-state index contributed by atoms with van der Waals surface area (Å²) in [6.07, 6.45) is 1.34. The van der Waals surface area contributed by atoms with Crippen LogP contribution < -0.4 is 10.6 Å². The first kappa shape index (κ1) is 27.9. The quantitative estimate of drug-likeness (QED) is 0.248. The van der Waals surface area contributed by atoms with E-state index in [4.69, 9.17) is 4.74 Å². The molecule has 3 aromatic carbocycles. The Morgan fingerprint density at radius 2 is 1.71 bits per heavy atom. The second kappa shape index (κ2) is 12.3. The Hall–Kier alpha value is -4.22. The highest BCUT2D eigenvalue weighted by Gasteiger charge is 2.44. The van der Waals surface area contributed by atoms with E-state index < -0.39 is 29.2 Å². The Labute approximate surface area is 250 Å². The minimum Gasteiger partial charge on any atom is -0.444 e. The van der Waals surface area contributed by atoms with E-state index in [1.807, 2.05) is 47.8 Å². The van der Waals surface area contributed by atoms with Gasteiger partial charge >= 0.3 is 6.09 Å². The van der Waals surface area contributed by atoms with Gasteiger partial charge in [-0.3, -0.25) is 14.5 Å². The number of hydrogen-bond donors (Lipinski definition) is 2. The third kappa shape index (κ3) is 6.32. The number of benzene rings is 3. The fourth-order valence-corrected chi connectivity index (χ4v) is 6.74. The van der Waals surface area contributed by atoms with E-state index in [9.17, 15) is 18.8 Å². The van der Waals surface area contributed by atoms with E-state index in [-0.39, 0.29) is 24.3 Å². The average molecular weight is 603 g/mol. The molecule has 1 saturated heterocycles. The summed E-state index contributed by atoms with van der Waals surface area (Å²) in [4.78, 5) is 45.0. The summed E-state index contributed by atoms with van der Waals surface area (Å²) in [5.74, 6) is -0.734. The van der Waals surface area contributed by atoms with Crippen LogP contribution in [0, 0.1) is 5.82 Å². The minimum absolute atomic E-state index is 0.0239. The summed E-state index contributed by atoms with van der Waals surface area (Å²) in [6, 6.07) is 22.0. The fourth-order valence-electron chi connectivity index (χ4n) is 4.58. The van der Waals surface area contributed by atoms with E-state index in [0.29, 0.717) is 22.0 Å². The number of nitrogens with zero attached hydrogens (tertiary/aromatic N) is 2. The van der Waals surface area contributed by atoms with Crippen LogP contribution in [0.1, 0.15) is 39.7 Å². The van der Waals surface area contributed by atoms with E-state index in [2.05, 4.69) is 15.6 Å². The molecule has 3 amide bonds. The maximum Gasteiger partial charge on any atom is 0.412 e. The molecule has 2 aliphatic rings. The van der Waals surface area contributed by atoms with Crippen LogP contribution >= 0.6 is 23.1 Å². The lowest BCUT2D eigenvalue weighted by Gasteiger charge is -2.28. The van der Waals surface area contributed by atoms with Crippen molar-refractivity contribution in [1.82, 2.24) is 15.2 Å². The number of ether oxygens (including phenoxy) is 1. The first-order valence-electron chi connectivity index (χ1n) is 13.5. The van der Waals surface area contributed by atoms with Crippen LogP contribution in [0.3, 0.4) is 0 Å². The largest absolute Gasteiger partial charge is 0.444 e. The zero-order chi connectivity index (χ0) is 29.1. The fraction of sp³-hybridized carbons (Fsp3) is 0.226. The van der Waals surface area contributed by atoms with Crippen molar-refractivity contribution in [3.63, 3.8) is 0 Å². The predicted octanol–water partition coefficient (Wildman–Crippen LogP) is 6.23. The van der Waals surface area contributed by atoms with Crippen LogP contribution in [-0.4, -0.2) is 45.6 Å². The minimum atomic E-state index is -0.903. The van der Waals surface area contributed by atoms with Gasteiger partial charge in [-0.05, 0) is 36.6 Å². The molecule has 1 unspecified atom stereocenters. The summed E-state index contributed by atoms with van der Waals surface area (Å²) in [7, 11) is 0. The van der Waals surface area contributed by atoms with Gasteiger partial charge in [0.05, 0.1) is 5.69 Å². The predicted molar refractivity (Wildman–Crippen MR) is 161 cm³/mol. The Balaban J connectivity index is 1.16. The highest BCUT2D eigenvalue weighted by atomic mass is 32.2. The van der Waals surface area contributed by atoms with Crippen molar-refractivity contribution >= 4 is 46.1 Å². The summed E-state index contributed by atoms with van der Waals surface area (Å²) in [5, 5.41) is 7.24. The molecule has 42 heavy (non-hydrogen) atoms. The number of hydrogen-bond acceptors (Lipinski definition) is 7. The molecule has 1 aliphatic heterocycles. The number of anilines is 1. The topological polar surface area (TPSA) is 101 Å². The number of thioether (sulfide) groups is 1. The van der Waals surface area contributed by atoms with E-state index in [0.717, 1.165) is 24.0 Å². The molecule has 1 saturated carbocycles. The summed E-state index contributed by atoms with van der Waals surface area (Å²) in [6.45, 7) is 0.0239. The Morgan fingerprint density at radius 3 is 2.45 bits per heavy atom. The second-order valence-corrected chi connectivity index (χ2v) is 12.0. The van der Waals surface area contributed by atoms with Crippen LogP contribution in [0.5, 0.6) is 0 Å². The normalized spacial score (nSPS) is 18.0. The van der Waals surface area contributed by atoms with Crippen LogP contribution in [0.2, 0.25) is 0 Å². The smallest absolute Gasteiger partial charge is 0.412 e. The average Bonchev–Trinajstić information content (AvgIpc) is 3.51. The van der Waals surface area contributed by atoms with E-state index in [1.165, 1.54) is 34.1 Å². The number of carbonyl (C=O) groups excluding carboxylic acids is 3. The second-order valence-electron chi connectivity index (χ2n) is 10.0. The standard InChI is InChI=1S/C31H27FN4O4S2/c32-24-9-5-4-8-23(24)29-36(31(39)40-16-19-6-2-1-3-7-19)26(18-41-29)28(38)35-30-34-25(17-42-30)20-10-12-21(13-11-20)27(37)33-22-14-15-22/h1-13,17,22,26,29H,14-16,18H2,(H,33,37)(H,34,35,38)/t26-,29?/m0/s1. The Bertz CT molecular complexity index is 1590. The van der Waals surface area contributed by atoms with Crippen LogP contribution in [0.15, 0.2) is 84.2 Å². The van der Waals surface area contributed by atoms with Crippen molar-refractivity contribution < 1.29 is 23.5 Å². The van der Waals surface area contributed by atoms with Gasteiger partial charge in [-0.2, -0.15) is 0 Å². The van der Waals surface area contributed by atoms with Gasteiger partial charge in [0.1, 0.15) is 23.8 Å². The molecule has 1 aromatic heterocycles. The molecule has 214 valence electrons. The van der Waals surface area contributed by atoms with Crippen molar-refractivity contribution in [1.29, 1.82) is 0 Å². The van der Waals surface area contributed by atoms with Crippen molar-refractivity contribution in [3.8, 4) is 11.3 Å². The third-order valence-corrected chi connectivity index (χ3v) is 9.04. The molecule has 1 aliphatic carbocycles. The molecule has 8 nitrogen and oxygen atoms in total. The lowest BCUT2D eigenvalue weighted by Crippen LogP contribution is -2.45. The SMILES string of the molecule is O=C(NC1CC1)c1ccc(-c2csc(NC(=O)[C@@H]3CSC(c4ccccc4F)N3C(=O)OCc3ccccc3)n2)cc1. The Kier molecular flexibility index (Phi) is 8.20. The number of halogens is 1. The lowest BCUT2D eigenvalue weighted by atomic mass is 10.1. The van der Waals surface area contributed by atoms with Gasteiger partial charge in [0.2, 0.25) is 5.91 Å². The number of nitrogens with one attached hydrogen (secondary N) is 2.